The summed E-state index contributed by atoms with van der Waals surface area (Å²) < 4.78 is 4.84. The molecule has 0 spiro atoms. The third-order valence-electron chi connectivity index (χ3n) is 2.27. The van der Waals surface area contributed by atoms with Crippen LogP contribution in [0.15, 0.2) is 29.2 Å². The summed E-state index contributed by atoms with van der Waals surface area (Å²) in [5.74, 6) is 1.07. The van der Waals surface area contributed by atoms with Crippen molar-refractivity contribution in [3.8, 4) is 0 Å². The number of cyclic esters (lactones) is 1. The largest absolute Gasteiger partial charge is 0.447 e. The van der Waals surface area contributed by atoms with Gasteiger partial charge in [-0.25, -0.2) is 4.79 Å². The van der Waals surface area contributed by atoms with Crippen LogP contribution in [0.3, 0.4) is 0 Å². The lowest BCUT2D eigenvalue weighted by Gasteiger charge is -2.07. The third-order valence-corrected chi connectivity index (χ3v) is 3.16. The van der Waals surface area contributed by atoms with Gasteiger partial charge in [0.25, 0.3) is 0 Å². The number of hydrogen-bond donors (Lipinski definition) is 1. The molecule has 3 nitrogen and oxygen atoms in total. The minimum absolute atomic E-state index is 0.0122. The van der Waals surface area contributed by atoms with Crippen LogP contribution in [0, 0.1) is 0 Å². The van der Waals surface area contributed by atoms with Crippen LogP contribution in [0.5, 0.6) is 0 Å². The number of alkyl carbamates (subject to hydrolysis) is 1. The molecule has 4 heteroatoms. The van der Waals surface area contributed by atoms with Crippen LogP contribution in [0.25, 0.3) is 0 Å². The van der Waals surface area contributed by atoms with Crippen LogP contribution in [0.1, 0.15) is 18.5 Å². The Bertz CT molecular complexity index is 350. The Balaban J connectivity index is 2.06. The lowest BCUT2D eigenvalue weighted by molar-refractivity contribution is 0.177. The summed E-state index contributed by atoms with van der Waals surface area (Å²) in [4.78, 5) is 12.1. The lowest BCUT2D eigenvalue weighted by atomic mass is 10.1. The zero-order valence-corrected chi connectivity index (χ0v) is 9.34. The Morgan fingerprint density at radius 1 is 1.47 bits per heavy atom. The summed E-state index contributed by atoms with van der Waals surface area (Å²) in [6.07, 6.45) is -0.327. The van der Waals surface area contributed by atoms with E-state index in [1.807, 2.05) is 23.9 Å². The lowest BCUT2D eigenvalue weighted by Crippen LogP contribution is -2.18. The average molecular weight is 223 g/mol. The molecule has 1 fully saturated rings. The maximum atomic E-state index is 10.9. The quantitative estimate of drug-likeness (QED) is 0.800. The van der Waals surface area contributed by atoms with E-state index in [-0.39, 0.29) is 12.1 Å². The predicted molar refractivity (Wildman–Crippen MR) is 60.1 cm³/mol. The van der Waals surface area contributed by atoms with E-state index < -0.39 is 0 Å². The van der Waals surface area contributed by atoms with E-state index in [1.165, 1.54) is 4.90 Å². The highest BCUT2D eigenvalue weighted by Gasteiger charge is 2.23. The van der Waals surface area contributed by atoms with Gasteiger partial charge in [0, 0.05) is 4.90 Å². The van der Waals surface area contributed by atoms with Gasteiger partial charge in [0.2, 0.25) is 0 Å². The number of thioether (sulfide) groups is 1. The number of carbonyl (C=O) groups is 1. The molecule has 2 rings (SSSR count). The van der Waals surface area contributed by atoms with Crippen molar-refractivity contribution in [1.82, 2.24) is 5.32 Å². The molecule has 0 aliphatic carbocycles. The highest BCUT2D eigenvalue weighted by Crippen LogP contribution is 2.22. The van der Waals surface area contributed by atoms with Gasteiger partial charge in [0.15, 0.2) is 0 Å². The number of rotatable bonds is 3. The van der Waals surface area contributed by atoms with Gasteiger partial charge in [0.05, 0.1) is 6.04 Å². The van der Waals surface area contributed by atoms with Crippen molar-refractivity contribution in [1.29, 1.82) is 0 Å². The van der Waals surface area contributed by atoms with Gasteiger partial charge in [0.1, 0.15) is 6.61 Å². The van der Waals surface area contributed by atoms with E-state index in [2.05, 4.69) is 24.4 Å². The monoisotopic (exact) mass is 223 g/mol. The van der Waals surface area contributed by atoms with E-state index in [0.29, 0.717) is 6.61 Å². The molecule has 1 atom stereocenters. The zero-order valence-electron chi connectivity index (χ0n) is 8.53. The molecule has 0 saturated carbocycles. The Kier molecular flexibility index (Phi) is 3.16. The highest BCUT2D eigenvalue weighted by molar-refractivity contribution is 7.99. The number of ether oxygens (including phenoxy) is 1. The smallest absolute Gasteiger partial charge is 0.407 e. The maximum absolute atomic E-state index is 10.9. The molecular weight excluding hydrogens is 210 g/mol. The zero-order chi connectivity index (χ0) is 10.7. The summed E-state index contributed by atoms with van der Waals surface area (Å²) in [5.41, 5.74) is 1.10. The fourth-order valence-corrected chi connectivity index (χ4v) is 2.19. The van der Waals surface area contributed by atoms with Crippen molar-refractivity contribution in [3.05, 3.63) is 29.8 Å². The van der Waals surface area contributed by atoms with E-state index in [0.717, 1.165) is 11.3 Å². The molecule has 0 aromatic heterocycles. The summed E-state index contributed by atoms with van der Waals surface area (Å²) in [6, 6.07) is 8.25. The Morgan fingerprint density at radius 2 is 2.20 bits per heavy atom. The first kappa shape index (κ1) is 10.4. The molecule has 1 aliphatic heterocycles. The molecule has 80 valence electrons. The molecule has 1 aromatic carbocycles. The number of nitrogens with one attached hydrogen (secondary N) is 1. The fourth-order valence-electron chi connectivity index (χ4n) is 1.53. The Labute approximate surface area is 93.2 Å². The Hall–Kier alpha value is -1.16. The van der Waals surface area contributed by atoms with Crippen molar-refractivity contribution < 1.29 is 9.53 Å². The maximum Gasteiger partial charge on any atom is 0.407 e. The summed E-state index contributed by atoms with van der Waals surface area (Å²) in [7, 11) is 0. The number of carbonyl (C=O) groups excluding carboxylic acids is 1. The third kappa shape index (κ3) is 2.45. The van der Waals surface area contributed by atoms with Gasteiger partial charge < -0.3 is 10.1 Å². The van der Waals surface area contributed by atoms with Crippen LogP contribution >= 0.6 is 11.8 Å². The summed E-state index contributed by atoms with van der Waals surface area (Å²) >= 11 is 1.81. The normalized spacial score (nSPS) is 19.8. The highest BCUT2D eigenvalue weighted by atomic mass is 32.2. The van der Waals surface area contributed by atoms with Crippen LogP contribution < -0.4 is 5.32 Å². The molecule has 1 aromatic rings. The second-order valence-corrected chi connectivity index (χ2v) is 4.63. The topological polar surface area (TPSA) is 38.3 Å². The second-order valence-electron chi connectivity index (χ2n) is 3.30. The molecule has 1 aliphatic rings. The molecule has 0 unspecified atom stereocenters. The predicted octanol–water partition coefficient (Wildman–Crippen LogP) is 2.58. The van der Waals surface area contributed by atoms with Gasteiger partial charge in [-0.15, -0.1) is 11.8 Å². The van der Waals surface area contributed by atoms with Crippen LogP contribution in [-0.2, 0) is 4.74 Å². The molecule has 0 radical (unpaired) electrons. The van der Waals surface area contributed by atoms with E-state index in [9.17, 15) is 4.79 Å². The van der Waals surface area contributed by atoms with E-state index in [1.54, 1.807) is 0 Å². The van der Waals surface area contributed by atoms with Crippen LogP contribution in [-0.4, -0.2) is 18.5 Å². The van der Waals surface area contributed by atoms with Crippen molar-refractivity contribution in [2.45, 2.75) is 17.9 Å². The second kappa shape index (κ2) is 4.57. The molecule has 1 amide bonds. The first-order chi connectivity index (χ1) is 7.29. The van der Waals surface area contributed by atoms with E-state index in [4.69, 9.17) is 4.74 Å². The minimum atomic E-state index is -0.327. The van der Waals surface area contributed by atoms with Gasteiger partial charge >= 0.3 is 6.09 Å². The Morgan fingerprint density at radius 3 is 2.73 bits per heavy atom. The van der Waals surface area contributed by atoms with Crippen molar-refractivity contribution in [3.63, 3.8) is 0 Å². The summed E-state index contributed by atoms with van der Waals surface area (Å²) in [5, 5.41) is 2.75. The molecule has 0 bridgehead atoms. The van der Waals surface area contributed by atoms with Crippen molar-refractivity contribution in [2.75, 3.05) is 12.4 Å². The summed E-state index contributed by atoms with van der Waals surface area (Å²) in [6.45, 7) is 2.56. The van der Waals surface area contributed by atoms with Crippen LogP contribution in [0.4, 0.5) is 4.79 Å². The van der Waals surface area contributed by atoms with Gasteiger partial charge in [-0.2, -0.15) is 0 Å². The minimum Gasteiger partial charge on any atom is -0.447 e. The average Bonchev–Trinajstić information content (AvgIpc) is 2.67. The number of amides is 1. The fraction of sp³-hybridized carbons (Fsp3) is 0.364. The molecule has 1 N–H and O–H groups in total. The molecular formula is C11H13NO2S. The standard InChI is InChI=1S/C11H13NO2S/c1-2-15-9-5-3-8(4-6-9)10-7-14-11(13)12-10/h3-6,10H,2,7H2,1H3,(H,12,13)/t10-/m0/s1. The van der Waals surface area contributed by atoms with Gasteiger partial charge in [-0.1, -0.05) is 19.1 Å². The van der Waals surface area contributed by atoms with Crippen molar-refractivity contribution >= 4 is 17.9 Å². The molecule has 1 saturated heterocycles. The first-order valence-electron chi connectivity index (χ1n) is 4.95. The first-order valence-corrected chi connectivity index (χ1v) is 5.94. The number of benzene rings is 1. The van der Waals surface area contributed by atoms with Crippen LogP contribution in [0.2, 0.25) is 0 Å². The van der Waals surface area contributed by atoms with Gasteiger partial charge in [-0.05, 0) is 23.4 Å². The van der Waals surface area contributed by atoms with Crippen molar-refractivity contribution in [2.24, 2.45) is 0 Å². The SMILES string of the molecule is CCSc1ccc([C@@H]2COC(=O)N2)cc1. The molecule has 15 heavy (non-hydrogen) atoms. The number of hydrogen-bond acceptors (Lipinski definition) is 3. The molecule has 1 heterocycles. The van der Waals surface area contributed by atoms with E-state index >= 15 is 0 Å². The van der Waals surface area contributed by atoms with Gasteiger partial charge in [-0.3, -0.25) is 0 Å².